The van der Waals surface area contributed by atoms with Gasteiger partial charge in [-0.2, -0.15) is 0 Å². The average molecular weight is 268 g/mol. The van der Waals surface area contributed by atoms with Crippen molar-refractivity contribution in [2.75, 3.05) is 0 Å². The van der Waals surface area contributed by atoms with Crippen LogP contribution in [0, 0.1) is 13.8 Å². The summed E-state index contributed by atoms with van der Waals surface area (Å²) in [6.07, 6.45) is -0.236. The van der Waals surface area contributed by atoms with Gasteiger partial charge < -0.3 is 5.11 Å². The summed E-state index contributed by atoms with van der Waals surface area (Å²) in [5, 5.41) is 9.76. The predicted molar refractivity (Wildman–Crippen MR) is 77.3 cm³/mol. The Bertz CT molecular complexity index is 672. The molecule has 0 aromatic heterocycles. The van der Waals surface area contributed by atoms with Crippen LogP contribution >= 0.6 is 0 Å². The molecule has 0 aliphatic carbocycles. The lowest BCUT2D eigenvalue weighted by molar-refractivity contribution is 0.0893. The largest absolute Gasteiger partial charge is 0.507 e. The molecule has 20 heavy (non-hydrogen) atoms. The fourth-order valence-electron chi connectivity index (χ4n) is 2.04. The molecule has 1 N–H and O–H groups in total. The highest BCUT2D eigenvalue weighted by Gasteiger charge is 2.16. The lowest BCUT2D eigenvalue weighted by atomic mass is 9.99. The summed E-state index contributed by atoms with van der Waals surface area (Å²) in [6, 6.07) is 11.9. The maximum Gasteiger partial charge on any atom is 0.174 e. The molecule has 2 rings (SSSR count). The summed E-state index contributed by atoms with van der Waals surface area (Å²) in [6.45, 7) is 3.72. The number of rotatable bonds is 4. The van der Waals surface area contributed by atoms with E-state index in [-0.39, 0.29) is 29.3 Å². The molecule has 2 aromatic rings. The third kappa shape index (κ3) is 3.12. The van der Waals surface area contributed by atoms with Crippen molar-refractivity contribution < 1.29 is 14.7 Å². The summed E-state index contributed by atoms with van der Waals surface area (Å²) in [5.74, 6) is -0.681. The molecule has 0 aliphatic rings. The molecule has 0 aliphatic heterocycles. The fraction of sp³-hybridized carbons (Fsp3) is 0.176. The standard InChI is InChI=1S/C17H16O3/c1-11-4-3-5-13(8-11)15(18)10-17(20)14-7-6-12(2)9-16(14)19/h3-9,19H,10H2,1-2H3. The van der Waals surface area contributed by atoms with Gasteiger partial charge in [0.15, 0.2) is 11.6 Å². The summed E-state index contributed by atoms with van der Waals surface area (Å²) in [7, 11) is 0. The minimum Gasteiger partial charge on any atom is -0.507 e. The van der Waals surface area contributed by atoms with E-state index in [9.17, 15) is 14.7 Å². The van der Waals surface area contributed by atoms with E-state index in [4.69, 9.17) is 0 Å². The number of aromatic hydroxyl groups is 1. The first-order valence-electron chi connectivity index (χ1n) is 6.40. The van der Waals surface area contributed by atoms with Gasteiger partial charge in [-0.15, -0.1) is 0 Å². The van der Waals surface area contributed by atoms with Crippen molar-refractivity contribution in [2.24, 2.45) is 0 Å². The van der Waals surface area contributed by atoms with Gasteiger partial charge in [-0.3, -0.25) is 9.59 Å². The zero-order valence-corrected chi connectivity index (χ0v) is 11.5. The van der Waals surface area contributed by atoms with Crippen LogP contribution in [0.5, 0.6) is 5.75 Å². The van der Waals surface area contributed by atoms with Crippen molar-refractivity contribution in [3.05, 3.63) is 64.7 Å². The van der Waals surface area contributed by atoms with E-state index in [1.165, 1.54) is 6.07 Å². The van der Waals surface area contributed by atoms with Crippen molar-refractivity contribution in [2.45, 2.75) is 20.3 Å². The Kier molecular flexibility index (Phi) is 3.99. The third-order valence-electron chi connectivity index (χ3n) is 3.11. The van der Waals surface area contributed by atoms with Crippen molar-refractivity contribution in [3.8, 4) is 5.75 Å². The molecular formula is C17H16O3. The molecular weight excluding hydrogens is 252 g/mol. The topological polar surface area (TPSA) is 54.4 Å². The van der Waals surface area contributed by atoms with Crippen LogP contribution in [0.2, 0.25) is 0 Å². The maximum atomic E-state index is 12.1. The number of hydrogen-bond donors (Lipinski definition) is 1. The Hall–Kier alpha value is -2.42. The van der Waals surface area contributed by atoms with Gasteiger partial charge in [-0.25, -0.2) is 0 Å². The van der Waals surface area contributed by atoms with Crippen molar-refractivity contribution in [1.82, 2.24) is 0 Å². The SMILES string of the molecule is Cc1cccc(C(=O)CC(=O)c2ccc(C)cc2O)c1. The Labute approximate surface area is 117 Å². The van der Waals surface area contributed by atoms with Gasteiger partial charge in [0.25, 0.3) is 0 Å². The van der Waals surface area contributed by atoms with Gasteiger partial charge in [0, 0.05) is 5.56 Å². The molecule has 0 spiro atoms. The molecule has 0 heterocycles. The zero-order chi connectivity index (χ0) is 14.7. The zero-order valence-electron chi connectivity index (χ0n) is 11.5. The summed E-state index contributed by atoms with van der Waals surface area (Å²) >= 11 is 0. The van der Waals surface area contributed by atoms with Crippen LogP contribution in [0.25, 0.3) is 0 Å². The lowest BCUT2D eigenvalue weighted by Gasteiger charge is -2.05. The maximum absolute atomic E-state index is 12.1. The lowest BCUT2D eigenvalue weighted by Crippen LogP contribution is -2.09. The predicted octanol–water partition coefficient (Wildman–Crippen LogP) is 3.46. The van der Waals surface area contributed by atoms with E-state index >= 15 is 0 Å². The first-order chi connectivity index (χ1) is 9.47. The van der Waals surface area contributed by atoms with Gasteiger partial charge in [-0.05, 0) is 37.6 Å². The Balaban J connectivity index is 2.17. The molecule has 102 valence electrons. The van der Waals surface area contributed by atoms with Crippen molar-refractivity contribution in [1.29, 1.82) is 0 Å². The molecule has 0 fully saturated rings. The third-order valence-corrected chi connectivity index (χ3v) is 3.11. The van der Waals surface area contributed by atoms with E-state index < -0.39 is 0 Å². The molecule has 0 saturated heterocycles. The smallest absolute Gasteiger partial charge is 0.174 e. The second-order valence-corrected chi connectivity index (χ2v) is 4.91. The highest BCUT2D eigenvalue weighted by molar-refractivity contribution is 6.14. The molecule has 0 atom stereocenters. The number of ketones is 2. The quantitative estimate of drug-likeness (QED) is 0.682. The van der Waals surface area contributed by atoms with E-state index in [2.05, 4.69) is 0 Å². The van der Waals surface area contributed by atoms with E-state index in [0.717, 1.165) is 11.1 Å². The Morgan fingerprint density at radius 2 is 1.65 bits per heavy atom. The van der Waals surface area contributed by atoms with Crippen LogP contribution in [0.15, 0.2) is 42.5 Å². The highest BCUT2D eigenvalue weighted by Crippen LogP contribution is 2.21. The molecule has 3 nitrogen and oxygen atoms in total. The molecule has 0 saturated carbocycles. The second kappa shape index (κ2) is 5.70. The van der Waals surface area contributed by atoms with Crippen LogP contribution in [-0.2, 0) is 0 Å². The summed E-state index contributed by atoms with van der Waals surface area (Å²) in [5.41, 5.74) is 2.55. The van der Waals surface area contributed by atoms with Crippen LogP contribution in [0.3, 0.4) is 0 Å². The van der Waals surface area contributed by atoms with Gasteiger partial charge in [0.05, 0.1) is 12.0 Å². The number of aryl methyl sites for hydroxylation is 2. The number of phenolic OH excluding ortho intramolecular Hbond substituents is 1. The molecule has 0 radical (unpaired) electrons. The van der Waals surface area contributed by atoms with E-state index in [0.29, 0.717) is 5.56 Å². The van der Waals surface area contributed by atoms with Gasteiger partial charge in [0.2, 0.25) is 0 Å². The van der Waals surface area contributed by atoms with Crippen LogP contribution in [0.4, 0.5) is 0 Å². The van der Waals surface area contributed by atoms with Crippen LogP contribution in [0.1, 0.15) is 38.3 Å². The second-order valence-electron chi connectivity index (χ2n) is 4.91. The number of phenols is 1. The first kappa shape index (κ1) is 14.0. The van der Waals surface area contributed by atoms with E-state index in [1.54, 1.807) is 30.3 Å². The minimum absolute atomic E-state index is 0.0768. The fourth-order valence-corrected chi connectivity index (χ4v) is 2.04. The monoisotopic (exact) mass is 268 g/mol. The number of Topliss-reactive ketones (excluding diaryl/α,β-unsaturated/α-hetero) is 2. The molecule has 2 aromatic carbocycles. The first-order valence-corrected chi connectivity index (χ1v) is 6.40. The Morgan fingerprint density at radius 1 is 0.950 bits per heavy atom. The number of benzene rings is 2. The van der Waals surface area contributed by atoms with Crippen molar-refractivity contribution >= 4 is 11.6 Å². The van der Waals surface area contributed by atoms with Gasteiger partial charge >= 0.3 is 0 Å². The van der Waals surface area contributed by atoms with E-state index in [1.807, 2.05) is 19.9 Å². The number of hydrogen-bond acceptors (Lipinski definition) is 3. The molecule has 0 amide bonds. The molecule has 0 bridgehead atoms. The van der Waals surface area contributed by atoms with Crippen molar-refractivity contribution in [3.63, 3.8) is 0 Å². The van der Waals surface area contributed by atoms with Crippen LogP contribution in [-0.4, -0.2) is 16.7 Å². The summed E-state index contributed by atoms with van der Waals surface area (Å²) in [4.78, 5) is 24.1. The van der Waals surface area contributed by atoms with Gasteiger partial charge in [-0.1, -0.05) is 29.8 Å². The van der Waals surface area contributed by atoms with Crippen LogP contribution < -0.4 is 0 Å². The Morgan fingerprint density at radius 3 is 2.30 bits per heavy atom. The summed E-state index contributed by atoms with van der Waals surface area (Å²) < 4.78 is 0. The highest BCUT2D eigenvalue weighted by atomic mass is 16.3. The molecule has 3 heteroatoms. The average Bonchev–Trinajstić information content (AvgIpc) is 2.38. The molecule has 0 unspecified atom stereocenters. The minimum atomic E-state index is -0.367. The normalized spacial score (nSPS) is 10.3. The van der Waals surface area contributed by atoms with Gasteiger partial charge in [0.1, 0.15) is 5.75 Å². The number of carbonyl (C=O) groups is 2. The number of carbonyl (C=O) groups excluding carboxylic acids is 2.